The van der Waals surface area contributed by atoms with Crippen molar-refractivity contribution in [2.45, 2.75) is 13.5 Å². The summed E-state index contributed by atoms with van der Waals surface area (Å²) in [5.41, 5.74) is 0.523. The summed E-state index contributed by atoms with van der Waals surface area (Å²) in [6.45, 7) is -1.28. The van der Waals surface area contributed by atoms with Gasteiger partial charge in [-0.25, -0.2) is 0 Å². The third kappa shape index (κ3) is 2.45. The number of ether oxygens (including phenoxy) is 1. The Morgan fingerprint density at radius 3 is 2.46 bits per heavy atom. The Balaban J connectivity index is 3.10. The maximum atomic E-state index is 11.9. The van der Waals surface area contributed by atoms with Crippen LogP contribution in [0.25, 0.3) is 0 Å². The zero-order valence-electron chi connectivity index (χ0n) is 6.65. The van der Waals surface area contributed by atoms with Crippen molar-refractivity contribution < 1.29 is 13.5 Å². The average Bonchev–Trinajstić information content (AvgIpc) is 2.05. The molecule has 0 atom stereocenters. The lowest BCUT2D eigenvalue weighted by Crippen LogP contribution is -2.03. The van der Waals surface area contributed by atoms with Crippen LogP contribution in [0.4, 0.5) is 8.78 Å². The van der Waals surface area contributed by atoms with Crippen LogP contribution in [-0.2, 0) is 0 Å². The van der Waals surface area contributed by atoms with Gasteiger partial charge in [-0.2, -0.15) is 8.78 Å². The van der Waals surface area contributed by atoms with Crippen LogP contribution < -0.4 is 4.74 Å². The van der Waals surface area contributed by atoms with Crippen molar-refractivity contribution in [3.8, 4) is 5.75 Å². The summed E-state index contributed by atoms with van der Waals surface area (Å²) in [6, 6.07) is 3.09. The molecule has 5 heteroatoms. The van der Waals surface area contributed by atoms with Crippen LogP contribution in [0.3, 0.4) is 0 Å². The summed E-state index contributed by atoms with van der Waals surface area (Å²) in [5.74, 6) is -0.0656. The first kappa shape index (κ1) is 10.5. The molecule has 0 aliphatic heterocycles. The molecule has 0 saturated carbocycles. The predicted octanol–water partition coefficient (Wildman–Crippen LogP) is 3.90. The van der Waals surface area contributed by atoms with Crippen LogP contribution in [0.15, 0.2) is 12.1 Å². The maximum Gasteiger partial charge on any atom is 0.387 e. The minimum atomic E-state index is -2.89. The van der Waals surface area contributed by atoms with Crippen molar-refractivity contribution >= 4 is 23.2 Å². The molecule has 0 unspecified atom stereocenters. The molecule has 0 aromatic heterocycles. The Kier molecular flexibility index (Phi) is 3.33. The first-order valence-electron chi connectivity index (χ1n) is 3.41. The molecular formula is C8H6Cl2F2O. The van der Waals surface area contributed by atoms with Crippen molar-refractivity contribution in [3.63, 3.8) is 0 Å². The summed E-state index contributed by atoms with van der Waals surface area (Å²) >= 11 is 11.3. The van der Waals surface area contributed by atoms with Gasteiger partial charge in [-0.1, -0.05) is 29.3 Å². The van der Waals surface area contributed by atoms with Gasteiger partial charge in [0.05, 0.1) is 5.02 Å². The quantitative estimate of drug-likeness (QED) is 0.744. The first-order valence-corrected chi connectivity index (χ1v) is 4.17. The Hall–Kier alpha value is -0.540. The highest BCUT2D eigenvalue weighted by molar-refractivity contribution is 6.43. The van der Waals surface area contributed by atoms with Crippen LogP contribution in [0.1, 0.15) is 5.56 Å². The minimum Gasteiger partial charge on any atom is -0.433 e. The molecule has 0 spiro atoms. The van der Waals surface area contributed by atoms with E-state index in [1.165, 1.54) is 6.07 Å². The standard InChI is InChI=1S/C8H6Cl2F2O/c1-4-2-3-5(9)6(10)7(4)13-8(11)12/h2-3,8H,1H3. The molecule has 0 heterocycles. The summed E-state index contributed by atoms with van der Waals surface area (Å²) < 4.78 is 28.0. The zero-order chi connectivity index (χ0) is 10.0. The minimum absolute atomic E-state index is 0.0157. The van der Waals surface area contributed by atoms with Gasteiger partial charge in [0.15, 0.2) is 0 Å². The number of rotatable bonds is 2. The highest BCUT2D eigenvalue weighted by Crippen LogP contribution is 2.35. The molecule has 0 saturated heterocycles. The van der Waals surface area contributed by atoms with Crippen LogP contribution in [0.2, 0.25) is 10.0 Å². The smallest absolute Gasteiger partial charge is 0.387 e. The van der Waals surface area contributed by atoms with E-state index in [0.29, 0.717) is 5.56 Å². The van der Waals surface area contributed by atoms with Crippen molar-refractivity contribution in [2.75, 3.05) is 0 Å². The van der Waals surface area contributed by atoms with Crippen molar-refractivity contribution in [1.82, 2.24) is 0 Å². The van der Waals surface area contributed by atoms with Crippen molar-refractivity contribution in [1.29, 1.82) is 0 Å². The lowest BCUT2D eigenvalue weighted by molar-refractivity contribution is -0.0502. The van der Waals surface area contributed by atoms with Crippen LogP contribution >= 0.6 is 23.2 Å². The molecule has 0 aliphatic carbocycles. The topological polar surface area (TPSA) is 9.23 Å². The largest absolute Gasteiger partial charge is 0.433 e. The Morgan fingerprint density at radius 1 is 1.31 bits per heavy atom. The molecule has 1 rings (SSSR count). The molecule has 72 valence electrons. The zero-order valence-corrected chi connectivity index (χ0v) is 8.16. The number of halogens is 4. The van der Waals surface area contributed by atoms with Crippen molar-refractivity contribution in [2.24, 2.45) is 0 Å². The summed E-state index contributed by atoms with van der Waals surface area (Å²) in [5, 5.41) is 0.213. The molecule has 1 nitrogen and oxygen atoms in total. The van der Waals surface area contributed by atoms with Gasteiger partial charge >= 0.3 is 6.61 Å². The Labute approximate surface area is 84.2 Å². The lowest BCUT2D eigenvalue weighted by atomic mass is 10.2. The summed E-state index contributed by atoms with van der Waals surface area (Å²) in [6.07, 6.45) is 0. The molecule has 0 aliphatic rings. The summed E-state index contributed by atoms with van der Waals surface area (Å²) in [7, 11) is 0. The Bertz CT molecular complexity index is 315. The second-order valence-electron chi connectivity index (χ2n) is 2.39. The number of hydrogen-bond acceptors (Lipinski definition) is 1. The van der Waals surface area contributed by atoms with Crippen molar-refractivity contribution in [3.05, 3.63) is 27.7 Å². The van der Waals surface area contributed by atoms with E-state index in [1.54, 1.807) is 13.0 Å². The number of aryl methyl sites for hydroxylation is 1. The average molecular weight is 227 g/mol. The highest BCUT2D eigenvalue weighted by Gasteiger charge is 2.13. The van der Waals surface area contributed by atoms with E-state index in [2.05, 4.69) is 4.74 Å². The molecule has 1 aromatic rings. The van der Waals surface area contributed by atoms with Crippen LogP contribution in [-0.4, -0.2) is 6.61 Å². The highest BCUT2D eigenvalue weighted by atomic mass is 35.5. The van der Waals surface area contributed by atoms with Gasteiger partial charge in [0.2, 0.25) is 0 Å². The predicted molar refractivity (Wildman–Crippen MR) is 47.8 cm³/mol. The van der Waals surface area contributed by atoms with Gasteiger partial charge in [-0.05, 0) is 18.6 Å². The Morgan fingerprint density at radius 2 is 1.92 bits per heavy atom. The van der Waals surface area contributed by atoms with E-state index in [9.17, 15) is 8.78 Å². The molecule has 0 fully saturated rings. The molecule has 13 heavy (non-hydrogen) atoms. The van der Waals surface area contributed by atoms with E-state index in [-0.39, 0.29) is 15.8 Å². The third-order valence-electron chi connectivity index (χ3n) is 1.45. The fraction of sp³-hybridized carbons (Fsp3) is 0.250. The number of alkyl halides is 2. The second kappa shape index (κ2) is 4.11. The van der Waals surface area contributed by atoms with E-state index in [1.807, 2.05) is 0 Å². The fourth-order valence-corrected chi connectivity index (χ4v) is 1.27. The van der Waals surface area contributed by atoms with E-state index in [0.717, 1.165) is 0 Å². The van der Waals surface area contributed by atoms with E-state index in [4.69, 9.17) is 23.2 Å². The maximum absolute atomic E-state index is 11.9. The van der Waals surface area contributed by atoms with Crippen LogP contribution in [0.5, 0.6) is 5.75 Å². The van der Waals surface area contributed by atoms with Gasteiger partial charge in [0.1, 0.15) is 10.8 Å². The van der Waals surface area contributed by atoms with Gasteiger partial charge in [0.25, 0.3) is 0 Å². The normalized spacial score (nSPS) is 10.6. The molecule has 0 radical (unpaired) electrons. The van der Waals surface area contributed by atoms with Gasteiger partial charge in [-0.15, -0.1) is 0 Å². The third-order valence-corrected chi connectivity index (χ3v) is 2.24. The fourth-order valence-electron chi connectivity index (χ4n) is 0.862. The number of benzene rings is 1. The molecule has 0 N–H and O–H groups in total. The second-order valence-corrected chi connectivity index (χ2v) is 3.17. The SMILES string of the molecule is Cc1ccc(Cl)c(Cl)c1OC(F)F. The summed E-state index contributed by atoms with van der Waals surface area (Å²) in [4.78, 5) is 0. The first-order chi connectivity index (χ1) is 6.02. The van der Waals surface area contributed by atoms with E-state index >= 15 is 0 Å². The monoisotopic (exact) mass is 226 g/mol. The van der Waals surface area contributed by atoms with E-state index < -0.39 is 6.61 Å². The van der Waals surface area contributed by atoms with Crippen LogP contribution in [0, 0.1) is 6.92 Å². The van der Waals surface area contributed by atoms with Gasteiger partial charge in [-0.3, -0.25) is 0 Å². The van der Waals surface area contributed by atoms with Gasteiger partial charge < -0.3 is 4.74 Å². The molecule has 0 amide bonds. The number of hydrogen-bond donors (Lipinski definition) is 0. The molecular weight excluding hydrogens is 221 g/mol. The van der Waals surface area contributed by atoms with Gasteiger partial charge in [0, 0.05) is 0 Å². The molecule has 1 aromatic carbocycles. The molecule has 0 bridgehead atoms. The lowest BCUT2D eigenvalue weighted by Gasteiger charge is -2.10.